The molecular weight excluding hydrogens is 349 g/mol. The van der Waals surface area contributed by atoms with Crippen LogP contribution in [0, 0.1) is 5.82 Å². The van der Waals surface area contributed by atoms with Crippen LogP contribution in [0.25, 0.3) is 0 Å². The van der Waals surface area contributed by atoms with Crippen molar-refractivity contribution in [3.63, 3.8) is 0 Å². The van der Waals surface area contributed by atoms with Gasteiger partial charge in [-0.2, -0.15) is 0 Å². The van der Waals surface area contributed by atoms with Gasteiger partial charge in [-0.1, -0.05) is 37.1 Å². The number of benzene rings is 1. The second-order valence-corrected chi connectivity index (χ2v) is 7.04. The van der Waals surface area contributed by atoms with E-state index in [9.17, 15) is 19.1 Å². The van der Waals surface area contributed by atoms with Gasteiger partial charge in [-0.25, -0.2) is 4.39 Å². The van der Waals surface area contributed by atoms with Crippen LogP contribution in [0.15, 0.2) is 36.4 Å². The Morgan fingerprint density at radius 3 is 2.81 bits per heavy atom. The summed E-state index contributed by atoms with van der Waals surface area (Å²) in [5.74, 6) is -0.971. The molecule has 1 aromatic carbocycles. The minimum atomic E-state index is -0.772. The van der Waals surface area contributed by atoms with E-state index in [1.54, 1.807) is 18.2 Å². The van der Waals surface area contributed by atoms with Crippen molar-refractivity contribution in [3.8, 4) is 0 Å². The predicted molar refractivity (Wildman–Crippen MR) is 101 cm³/mol. The molecule has 5 nitrogen and oxygen atoms in total. The standard InChI is InChI=1S/C21H28FNO4/c22-17-7-5-6-16(14-17)15-19(24)11-9-18-10-12-20(25)23(18)13-4-2-1-3-8-21(26)27/h5-7,9,11,14,18-19,24H,1-4,8,10,12-13,15H2,(H,26,27)/b11-9+/t18-,19+/m0/s1. The number of unbranched alkanes of at least 4 members (excludes halogenated alkanes) is 3. The van der Waals surface area contributed by atoms with Crippen LogP contribution in [0.4, 0.5) is 4.39 Å². The van der Waals surface area contributed by atoms with E-state index >= 15 is 0 Å². The van der Waals surface area contributed by atoms with Crippen LogP contribution in [-0.2, 0) is 16.0 Å². The Labute approximate surface area is 159 Å². The zero-order valence-corrected chi connectivity index (χ0v) is 15.5. The minimum Gasteiger partial charge on any atom is -0.481 e. The zero-order chi connectivity index (χ0) is 19.6. The van der Waals surface area contributed by atoms with Crippen LogP contribution < -0.4 is 0 Å². The summed E-state index contributed by atoms with van der Waals surface area (Å²) in [7, 11) is 0. The highest BCUT2D eigenvalue weighted by molar-refractivity contribution is 5.79. The van der Waals surface area contributed by atoms with Crippen molar-refractivity contribution in [2.24, 2.45) is 0 Å². The van der Waals surface area contributed by atoms with Crippen molar-refractivity contribution < 1.29 is 24.2 Å². The molecule has 2 N–H and O–H groups in total. The van der Waals surface area contributed by atoms with Gasteiger partial charge in [0.15, 0.2) is 0 Å². The van der Waals surface area contributed by atoms with Gasteiger partial charge < -0.3 is 15.1 Å². The lowest BCUT2D eigenvalue weighted by molar-refractivity contribution is -0.137. The summed E-state index contributed by atoms with van der Waals surface area (Å²) in [6.07, 6.45) is 7.87. The topological polar surface area (TPSA) is 77.8 Å². The molecule has 1 fully saturated rings. The number of carboxylic acid groups (broad SMARTS) is 1. The Morgan fingerprint density at radius 2 is 2.07 bits per heavy atom. The quantitative estimate of drug-likeness (QED) is 0.458. The molecule has 6 heteroatoms. The first-order valence-electron chi connectivity index (χ1n) is 9.58. The SMILES string of the molecule is O=C(O)CCCCCCN1C(=O)CC[C@@H]1/C=C/[C@@H](O)Cc1cccc(F)c1. The molecule has 1 aliphatic rings. The lowest BCUT2D eigenvalue weighted by atomic mass is 10.1. The van der Waals surface area contributed by atoms with Gasteiger partial charge in [-0.15, -0.1) is 0 Å². The number of amides is 1. The van der Waals surface area contributed by atoms with Crippen molar-refractivity contribution in [2.75, 3.05) is 6.54 Å². The van der Waals surface area contributed by atoms with E-state index in [1.807, 2.05) is 11.0 Å². The Hall–Kier alpha value is -2.21. The molecule has 0 aliphatic carbocycles. The van der Waals surface area contributed by atoms with Gasteiger partial charge >= 0.3 is 5.97 Å². The third kappa shape index (κ3) is 7.51. The average Bonchev–Trinajstić information content (AvgIpc) is 2.96. The van der Waals surface area contributed by atoms with Crippen molar-refractivity contribution in [1.29, 1.82) is 0 Å². The van der Waals surface area contributed by atoms with Crippen molar-refractivity contribution in [1.82, 2.24) is 4.90 Å². The fourth-order valence-electron chi connectivity index (χ4n) is 3.39. The highest BCUT2D eigenvalue weighted by atomic mass is 19.1. The molecule has 0 radical (unpaired) electrons. The molecule has 0 bridgehead atoms. The van der Waals surface area contributed by atoms with Crippen LogP contribution >= 0.6 is 0 Å². The summed E-state index contributed by atoms with van der Waals surface area (Å²) in [6, 6.07) is 6.16. The highest BCUT2D eigenvalue weighted by Gasteiger charge is 2.28. The minimum absolute atomic E-state index is 0.0151. The van der Waals surface area contributed by atoms with E-state index in [1.165, 1.54) is 12.1 Å². The van der Waals surface area contributed by atoms with E-state index in [0.717, 1.165) is 31.2 Å². The van der Waals surface area contributed by atoms with Gasteiger partial charge in [0, 0.05) is 25.8 Å². The number of halogens is 1. The van der Waals surface area contributed by atoms with E-state index in [4.69, 9.17) is 5.11 Å². The molecule has 148 valence electrons. The first-order chi connectivity index (χ1) is 13.0. The number of hydrogen-bond donors (Lipinski definition) is 2. The van der Waals surface area contributed by atoms with Crippen LogP contribution in [0.1, 0.15) is 50.5 Å². The van der Waals surface area contributed by atoms with Gasteiger partial charge in [0.2, 0.25) is 5.91 Å². The number of hydrogen-bond acceptors (Lipinski definition) is 3. The van der Waals surface area contributed by atoms with E-state index in [-0.39, 0.29) is 24.2 Å². The smallest absolute Gasteiger partial charge is 0.303 e. The van der Waals surface area contributed by atoms with Crippen molar-refractivity contribution in [2.45, 2.75) is 63.5 Å². The third-order valence-electron chi connectivity index (χ3n) is 4.80. The maximum absolute atomic E-state index is 13.2. The molecule has 1 aliphatic heterocycles. The molecule has 0 aromatic heterocycles. The van der Waals surface area contributed by atoms with Gasteiger partial charge in [-0.3, -0.25) is 9.59 Å². The van der Waals surface area contributed by atoms with Crippen LogP contribution in [-0.4, -0.2) is 45.7 Å². The lowest BCUT2D eigenvalue weighted by Gasteiger charge is -2.22. The molecule has 1 aromatic rings. The fraction of sp³-hybridized carbons (Fsp3) is 0.524. The lowest BCUT2D eigenvalue weighted by Crippen LogP contribution is -2.32. The fourth-order valence-corrected chi connectivity index (χ4v) is 3.39. The highest BCUT2D eigenvalue weighted by Crippen LogP contribution is 2.21. The Morgan fingerprint density at radius 1 is 1.30 bits per heavy atom. The molecule has 1 saturated heterocycles. The van der Waals surface area contributed by atoms with Crippen LogP contribution in [0.5, 0.6) is 0 Å². The second kappa shape index (κ2) is 10.8. The maximum Gasteiger partial charge on any atom is 0.303 e. The number of carbonyl (C=O) groups excluding carboxylic acids is 1. The summed E-state index contributed by atoms with van der Waals surface area (Å²) in [5.41, 5.74) is 0.730. The van der Waals surface area contributed by atoms with Gasteiger partial charge in [0.05, 0.1) is 12.1 Å². The van der Waals surface area contributed by atoms with Crippen LogP contribution in [0.2, 0.25) is 0 Å². The summed E-state index contributed by atoms with van der Waals surface area (Å²) in [5, 5.41) is 18.8. The van der Waals surface area contributed by atoms with Gasteiger partial charge in [0.1, 0.15) is 5.82 Å². The van der Waals surface area contributed by atoms with Gasteiger partial charge in [0.25, 0.3) is 0 Å². The molecule has 1 heterocycles. The molecular formula is C21H28FNO4. The average molecular weight is 377 g/mol. The molecule has 0 unspecified atom stereocenters. The summed E-state index contributed by atoms with van der Waals surface area (Å²) in [6.45, 7) is 0.654. The predicted octanol–water partition coefficient (Wildman–Crippen LogP) is 3.31. The molecule has 1 amide bonds. The van der Waals surface area contributed by atoms with Gasteiger partial charge in [-0.05, 0) is 37.0 Å². The second-order valence-electron chi connectivity index (χ2n) is 7.04. The monoisotopic (exact) mass is 377 g/mol. The number of likely N-dealkylation sites (tertiary alicyclic amines) is 1. The summed E-state index contributed by atoms with van der Waals surface area (Å²) < 4.78 is 13.2. The number of aliphatic hydroxyl groups is 1. The van der Waals surface area contributed by atoms with Crippen molar-refractivity contribution >= 4 is 11.9 Å². The summed E-state index contributed by atoms with van der Waals surface area (Å²) in [4.78, 5) is 24.4. The Kier molecular flexibility index (Phi) is 8.45. The van der Waals surface area contributed by atoms with E-state index < -0.39 is 12.1 Å². The number of carbonyl (C=O) groups is 2. The molecule has 2 rings (SSSR count). The first-order valence-corrected chi connectivity index (χ1v) is 9.58. The number of aliphatic carboxylic acids is 1. The molecule has 2 atom stereocenters. The zero-order valence-electron chi connectivity index (χ0n) is 15.5. The molecule has 27 heavy (non-hydrogen) atoms. The van der Waals surface area contributed by atoms with Crippen LogP contribution in [0.3, 0.4) is 0 Å². The third-order valence-corrected chi connectivity index (χ3v) is 4.80. The van der Waals surface area contributed by atoms with E-state index in [2.05, 4.69) is 0 Å². The number of rotatable bonds is 11. The Bertz CT molecular complexity index is 661. The number of nitrogens with zero attached hydrogens (tertiary/aromatic N) is 1. The van der Waals surface area contributed by atoms with Crippen molar-refractivity contribution in [3.05, 3.63) is 47.8 Å². The largest absolute Gasteiger partial charge is 0.481 e. The first kappa shape index (κ1) is 21.1. The normalized spacial score (nSPS) is 18.4. The molecule has 0 spiro atoms. The Balaban J connectivity index is 1.77. The number of aliphatic hydroxyl groups excluding tert-OH is 1. The number of carboxylic acids is 1. The van der Waals surface area contributed by atoms with E-state index in [0.29, 0.717) is 25.8 Å². The summed E-state index contributed by atoms with van der Waals surface area (Å²) >= 11 is 0. The maximum atomic E-state index is 13.2. The molecule has 0 saturated carbocycles.